The number of amides is 1. The fourth-order valence-electron chi connectivity index (χ4n) is 2.64. The molecule has 0 atom stereocenters. The van der Waals surface area contributed by atoms with Gasteiger partial charge in [-0.3, -0.25) is 4.79 Å². The Morgan fingerprint density at radius 1 is 0.963 bits per heavy atom. The molecule has 7 heteroatoms. The summed E-state index contributed by atoms with van der Waals surface area (Å²) in [5.74, 6) is 1.27. The van der Waals surface area contributed by atoms with Gasteiger partial charge in [-0.1, -0.05) is 32.0 Å². The van der Waals surface area contributed by atoms with E-state index < -0.39 is 0 Å². The maximum Gasteiger partial charge on any atom is 0.249 e. The summed E-state index contributed by atoms with van der Waals surface area (Å²) in [7, 11) is 0. The van der Waals surface area contributed by atoms with Crippen molar-refractivity contribution in [1.29, 1.82) is 0 Å². The van der Waals surface area contributed by atoms with Crippen LogP contribution in [0.3, 0.4) is 0 Å². The molecule has 0 saturated heterocycles. The van der Waals surface area contributed by atoms with Gasteiger partial charge >= 0.3 is 0 Å². The molecule has 7 nitrogen and oxygen atoms in total. The molecule has 3 aromatic rings. The van der Waals surface area contributed by atoms with Crippen LogP contribution in [0.2, 0.25) is 0 Å². The van der Waals surface area contributed by atoms with Crippen LogP contribution in [-0.2, 0) is 4.79 Å². The molecule has 3 N–H and O–H groups in total. The Hall–Kier alpha value is -3.48. The first kappa shape index (κ1) is 18.3. The third-order valence-electron chi connectivity index (χ3n) is 3.87. The minimum absolute atomic E-state index is 0.104. The molecule has 0 aliphatic heterocycles. The molecule has 1 amide bonds. The quantitative estimate of drug-likeness (QED) is 0.600. The third-order valence-corrected chi connectivity index (χ3v) is 3.87. The zero-order chi connectivity index (χ0) is 19.2. The second-order valence-corrected chi connectivity index (χ2v) is 6.42. The van der Waals surface area contributed by atoms with Crippen molar-refractivity contribution in [2.75, 3.05) is 16.0 Å². The first-order valence-electron chi connectivity index (χ1n) is 8.71. The van der Waals surface area contributed by atoms with Crippen LogP contribution < -0.4 is 16.0 Å². The van der Waals surface area contributed by atoms with Crippen LogP contribution >= 0.6 is 0 Å². The van der Waals surface area contributed by atoms with Gasteiger partial charge in [0, 0.05) is 24.0 Å². The SMILES string of the molecule is CC(=O)Nc1ccc(Nc2cnnc(Nc3ccccc3C(C)C)n2)cc1. The van der Waals surface area contributed by atoms with Crippen LogP contribution in [0.25, 0.3) is 0 Å². The second-order valence-electron chi connectivity index (χ2n) is 6.42. The largest absolute Gasteiger partial charge is 0.339 e. The van der Waals surface area contributed by atoms with Gasteiger partial charge < -0.3 is 16.0 Å². The number of hydrogen-bond acceptors (Lipinski definition) is 6. The topological polar surface area (TPSA) is 91.8 Å². The normalized spacial score (nSPS) is 10.5. The van der Waals surface area contributed by atoms with Crippen molar-refractivity contribution in [1.82, 2.24) is 15.2 Å². The van der Waals surface area contributed by atoms with Crippen molar-refractivity contribution in [2.45, 2.75) is 26.7 Å². The molecule has 0 spiro atoms. The summed E-state index contributed by atoms with van der Waals surface area (Å²) in [4.78, 5) is 15.6. The summed E-state index contributed by atoms with van der Waals surface area (Å²) in [5, 5.41) is 17.2. The highest BCUT2D eigenvalue weighted by Crippen LogP contribution is 2.26. The first-order chi connectivity index (χ1) is 13.0. The van der Waals surface area contributed by atoms with Crippen LogP contribution in [0.1, 0.15) is 32.3 Å². The Bertz CT molecular complexity index is 924. The lowest BCUT2D eigenvalue weighted by Crippen LogP contribution is -2.06. The molecule has 0 fully saturated rings. The monoisotopic (exact) mass is 362 g/mol. The standard InChI is InChI=1S/C20H22N6O/c1-13(2)17-6-4-5-7-18(17)24-20-25-19(12-21-26-20)23-16-10-8-15(9-11-16)22-14(3)27/h4-13H,1-3H3,(H,22,27)(H2,23,24,25,26). The lowest BCUT2D eigenvalue weighted by atomic mass is 10.0. The molecule has 2 aromatic carbocycles. The van der Waals surface area contributed by atoms with Crippen molar-refractivity contribution < 1.29 is 4.79 Å². The Labute approximate surface area is 158 Å². The number of carbonyl (C=O) groups is 1. The summed E-state index contributed by atoms with van der Waals surface area (Å²) in [6, 6.07) is 15.4. The van der Waals surface area contributed by atoms with Crippen molar-refractivity contribution in [3.63, 3.8) is 0 Å². The molecule has 3 rings (SSSR count). The fraction of sp³-hybridized carbons (Fsp3) is 0.200. The van der Waals surface area contributed by atoms with E-state index in [2.05, 4.69) is 51.0 Å². The zero-order valence-electron chi connectivity index (χ0n) is 15.5. The van der Waals surface area contributed by atoms with E-state index in [1.165, 1.54) is 12.5 Å². The van der Waals surface area contributed by atoms with Gasteiger partial charge in [0.2, 0.25) is 11.9 Å². The zero-order valence-corrected chi connectivity index (χ0v) is 15.5. The lowest BCUT2D eigenvalue weighted by Gasteiger charge is -2.13. The predicted molar refractivity (Wildman–Crippen MR) is 108 cm³/mol. The number of aromatic nitrogens is 3. The predicted octanol–water partition coefficient (Wildman–Crippen LogP) is 4.44. The van der Waals surface area contributed by atoms with E-state index >= 15 is 0 Å². The van der Waals surface area contributed by atoms with Crippen LogP contribution in [0, 0.1) is 0 Å². The number of nitrogens with zero attached hydrogens (tertiary/aromatic N) is 3. The third kappa shape index (κ3) is 5.01. The van der Waals surface area contributed by atoms with E-state index in [0.717, 1.165) is 17.1 Å². The minimum atomic E-state index is -0.104. The van der Waals surface area contributed by atoms with Crippen LogP contribution in [0.5, 0.6) is 0 Å². The van der Waals surface area contributed by atoms with Gasteiger partial charge in [-0.25, -0.2) is 0 Å². The van der Waals surface area contributed by atoms with Gasteiger partial charge in [0.15, 0.2) is 5.82 Å². The highest BCUT2D eigenvalue weighted by atomic mass is 16.1. The minimum Gasteiger partial charge on any atom is -0.339 e. The van der Waals surface area contributed by atoms with Crippen LogP contribution in [0.15, 0.2) is 54.7 Å². The van der Waals surface area contributed by atoms with E-state index in [9.17, 15) is 4.79 Å². The highest BCUT2D eigenvalue weighted by molar-refractivity contribution is 5.88. The Morgan fingerprint density at radius 3 is 2.37 bits per heavy atom. The van der Waals surface area contributed by atoms with Crippen molar-refractivity contribution in [3.8, 4) is 0 Å². The molecule has 1 aromatic heterocycles. The molecular weight excluding hydrogens is 340 g/mol. The summed E-state index contributed by atoms with van der Waals surface area (Å²) in [5.41, 5.74) is 3.72. The summed E-state index contributed by atoms with van der Waals surface area (Å²) >= 11 is 0. The number of benzene rings is 2. The van der Waals surface area contributed by atoms with Gasteiger partial charge in [0.1, 0.15) is 0 Å². The van der Waals surface area contributed by atoms with E-state index in [1.807, 2.05) is 42.5 Å². The van der Waals surface area contributed by atoms with Gasteiger partial charge in [-0.15, -0.1) is 5.10 Å². The Kier molecular flexibility index (Phi) is 5.61. The number of anilines is 5. The summed E-state index contributed by atoms with van der Waals surface area (Å²) in [6.45, 7) is 5.76. The average molecular weight is 362 g/mol. The van der Waals surface area contributed by atoms with Crippen LogP contribution in [0.4, 0.5) is 28.8 Å². The summed E-state index contributed by atoms with van der Waals surface area (Å²) < 4.78 is 0. The smallest absolute Gasteiger partial charge is 0.249 e. The first-order valence-corrected chi connectivity index (χ1v) is 8.71. The molecule has 0 bridgehead atoms. The van der Waals surface area contributed by atoms with Gasteiger partial charge in [-0.2, -0.15) is 10.1 Å². The van der Waals surface area contributed by atoms with Gasteiger partial charge in [0.25, 0.3) is 0 Å². The molecule has 27 heavy (non-hydrogen) atoms. The molecule has 138 valence electrons. The lowest BCUT2D eigenvalue weighted by molar-refractivity contribution is -0.114. The maximum atomic E-state index is 11.1. The molecule has 0 aliphatic carbocycles. The molecular formula is C20H22N6O. The van der Waals surface area contributed by atoms with Gasteiger partial charge in [0.05, 0.1) is 6.20 Å². The number of rotatable bonds is 6. The highest BCUT2D eigenvalue weighted by Gasteiger charge is 2.08. The van der Waals surface area contributed by atoms with E-state index in [1.54, 1.807) is 6.20 Å². The van der Waals surface area contributed by atoms with Gasteiger partial charge in [-0.05, 0) is 41.8 Å². The number of carbonyl (C=O) groups excluding carboxylic acids is 1. The number of para-hydroxylation sites is 1. The fourth-order valence-corrected chi connectivity index (χ4v) is 2.64. The Morgan fingerprint density at radius 2 is 1.67 bits per heavy atom. The average Bonchev–Trinajstić information content (AvgIpc) is 2.63. The van der Waals surface area contributed by atoms with Crippen molar-refractivity contribution in [3.05, 3.63) is 60.3 Å². The molecule has 0 aliphatic rings. The second kappa shape index (κ2) is 8.27. The van der Waals surface area contributed by atoms with Crippen molar-refractivity contribution in [2.24, 2.45) is 0 Å². The van der Waals surface area contributed by atoms with Crippen molar-refractivity contribution >= 4 is 34.7 Å². The molecule has 0 unspecified atom stereocenters. The Balaban J connectivity index is 1.73. The molecule has 0 saturated carbocycles. The van der Waals surface area contributed by atoms with E-state index in [-0.39, 0.29) is 5.91 Å². The number of nitrogens with one attached hydrogen (secondary N) is 3. The molecule has 0 radical (unpaired) electrons. The summed E-state index contributed by atoms with van der Waals surface area (Å²) in [6.07, 6.45) is 1.56. The van der Waals surface area contributed by atoms with E-state index in [4.69, 9.17) is 0 Å². The van der Waals surface area contributed by atoms with Crippen LogP contribution in [-0.4, -0.2) is 21.1 Å². The maximum absolute atomic E-state index is 11.1. The van der Waals surface area contributed by atoms with E-state index in [0.29, 0.717) is 17.7 Å². The number of hydrogen-bond donors (Lipinski definition) is 3. The molecule has 1 heterocycles.